The zero-order valence-electron chi connectivity index (χ0n) is 29.2. The van der Waals surface area contributed by atoms with Crippen LogP contribution in [0.1, 0.15) is 45.7 Å². The Bertz CT molecular complexity index is 2060. The molecule has 54 heavy (non-hydrogen) atoms. The lowest BCUT2D eigenvalue weighted by Gasteiger charge is -2.30. The van der Waals surface area contributed by atoms with Crippen molar-refractivity contribution in [2.75, 3.05) is 44.6 Å². The Morgan fingerprint density at radius 1 is 0.815 bits per heavy atom. The summed E-state index contributed by atoms with van der Waals surface area (Å²) in [4.78, 5) is 57.7. The molecular weight excluding hydrogens is 723 g/mol. The monoisotopic (exact) mass is 759 g/mol. The number of carbonyl (C=O) groups is 3. The maximum atomic E-state index is 13.5. The average molecular weight is 760 g/mol. The first kappa shape index (κ1) is 35.8. The summed E-state index contributed by atoms with van der Waals surface area (Å²) in [7, 11) is 0. The summed E-state index contributed by atoms with van der Waals surface area (Å²) >= 11 is 6.07. The summed E-state index contributed by atoms with van der Waals surface area (Å²) in [5, 5.41) is 3.63. The number of nitrogens with one attached hydrogen (secondary N) is 1. The minimum atomic E-state index is -4.57. The molecule has 3 aromatic carbocycles. The third-order valence-corrected chi connectivity index (χ3v) is 11.1. The van der Waals surface area contributed by atoms with Gasteiger partial charge in [-0.1, -0.05) is 48.0 Å². The van der Waals surface area contributed by atoms with Crippen LogP contribution in [0.2, 0.25) is 5.02 Å². The van der Waals surface area contributed by atoms with Gasteiger partial charge in [0, 0.05) is 79.2 Å². The van der Waals surface area contributed by atoms with E-state index in [2.05, 4.69) is 26.3 Å². The van der Waals surface area contributed by atoms with Gasteiger partial charge in [-0.2, -0.15) is 28.1 Å². The lowest BCUT2D eigenvalue weighted by Crippen LogP contribution is -2.47. The van der Waals surface area contributed by atoms with E-state index >= 15 is 0 Å². The summed E-state index contributed by atoms with van der Waals surface area (Å²) in [6, 6.07) is 21.7. The summed E-state index contributed by atoms with van der Waals surface area (Å²) in [5.74, 6) is -0.662. The minimum absolute atomic E-state index is 0.0122. The van der Waals surface area contributed by atoms with Gasteiger partial charge in [0.05, 0.1) is 0 Å². The number of ether oxygens (including phenoxy) is 1. The number of benzene rings is 3. The second kappa shape index (κ2) is 14.2. The van der Waals surface area contributed by atoms with E-state index in [0.717, 1.165) is 30.4 Å². The van der Waals surface area contributed by atoms with Crippen LogP contribution in [0.4, 0.5) is 24.8 Å². The van der Waals surface area contributed by atoms with E-state index in [1.165, 1.54) is 5.56 Å². The Labute approximate surface area is 314 Å². The molecule has 2 saturated heterocycles. The van der Waals surface area contributed by atoms with Gasteiger partial charge in [-0.3, -0.25) is 14.4 Å². The highest BCUT2D eigenvalue weighted by atomic mass is 35.5. The number of alkyl halides is 3. The number of halogens is 4. The van der Waals surface area contributed by atoms with E-state index in [1.807, 2.05) is 30.3 Å². The molecule has 0 spiro atoms. The zero-order chi connectivity index (χ0) is 37.6. The number of fused-ring (bicyclic) bond motifs is 2. The van der Waals surface area contributed by atoms with Crippen LogP contribution in [0.25, 0.3) is 0 Å². The predicted octanol–water partition coefficient (Wildman–Crippen LogP) is 5.60. The number of aromatic nitrogens is 3. The fourth-order valence-corrected chi connectivity index (χ4v) is 7.97. The van der Waals surface area contributed by atoms with Crippen molar-refractivity contribution in [3.63, 3.8) is 0 Å². The summed E-state index contributed by atoms with van der Waals surface area (Å²) in [5.41, 5.74) is 4.03. The highest BCUT2D eigenvalue weighted by Crippen LogP contribution is 2.50. The zero-order valence-corrected chi connectivity index (χ0v) is 29.9. The third-order valence-electron chi connectivity index (χ3n) is 10.9. The van der Waals surface area contributed by atoms with Crippen LogP contribution in [0, 0.1) is 11.8 Å². The van der Waals surface area contributed by atoms with Crippen molar-refractivity contribution >= 4 is 41.0 Å². The molecule has 3 aliphatic heterocycles. The molecule has 8 rings (SSSR count). The Balaban J connectivity index is 0.885. The molecule has 1 saturated carbocycles. The van der Waals surface area contributed by atoms with Crippen LogP contribution in [0.3, 0.4) is 0 Å². The van der Waals surface area contributed by atoms with Crippen molar-refractivity contribution in [3.8, 4) is 6.01 Å². The van der Waals surface area contributed by atoms with E-state index < -0.39 is 30.6 Å². The van der Waals surface area contributed by atoms with Gasteiger partial charge < -0.3 is 24.8 Å². The number of hydrogen-bond acceptors (Lipinski definition) is 8. The maximum Gasteiger partial charge on any atom is 0.422 e. The minimum Gasteiger partial charge on any atom is -0.454 e. The normalized spacial score (nSPS) is 20.0. The first-order chi connectivity index (χ1) is 25.9. The molecule has 4 aliphatic rings. The molecule has 3 amide bonds. The van der Waals surface area contributed by atoms with E-state index in [4.69, 9.17) is 16.3 Å². The number of carbonyl (C=O) groups excluding carboxylic acids is 3. The molecule has 4 aromatic rings. The van der Waals surface area contributed by atoms with Gasteiger partial charge in [-0.05, 0) is 72.4 Å². The Kier molecular flexibility index (Phi) is 9.41. The van der Waals surface area contributed by atoms with E-state index in [1.54, 1.807) is 51.1 Å². The molecule has 11 nitrogen and oxygen atoms in total. The van der Waals surface area contributed by atoms with Crippen LogP contribution in [0.15, 0.2) is 72.8 Å². The van der Waals surface area contributed by atoms with Gasteiger partial charge in [0.1, 0.15) is 5.82 Å². The molecule has 2 unspecified atom stereocenters. The standard InChI is InChI=1S/C39H37ClF3N7O4/c40-30-9-7-29(8-10-30)38(14-15-38)17-32-45-36(47-37(46-32)54-23-39(41,42)43)44-31-11-5-25(6-12-31)33(51)49-19-27-21-50(22-28(27)20-49)35(53)34(52)48-16-13-24-3-1-2-4-26(24)18-48/h1-12,27-28H,13-23H2,(H,44,45,46,47). The second-order valence-electron chi connectivity index (χ2n) is 14.6. The molecule has 280 valence electrons. The van der Waals surface area contributed by atoms with Gasteiger partial charge in [0.2, 0.25) is 5.95 Å². The molecule has 0 radical (unpaired) electrons. The van der Waals surface area contributed by atoms with Gasteiger partial charge in [-0.15, -0.1) is 0 Å². The third kappa shape index (κ3) is 7.70. The SMILES string of the molecule is O=C(C(=O)N1CC2CN(C(=O)c3ccc(Nc4nc(CC5(c6ccc(Cl)cc6)CC5)nc(OCC(F)(F)F)n4)cc3)CC2C1)N1CCc2ccccc2C1. The van der Waals surface area contributed by atoms with Gasteiger partial charge >= 0.3 is 24.0 Å². The predicted molar refractivity (Wildman–Crippen MR) is 192 cm³/mol. The van der Waals surface area contributed by atoms with E-state index in [-0.39, 0.29) is 34.9 Å². The maximum absolute atomic E-state index is 13.5. The van der Waals surface area contributed by atoms with E-state index in [9.17, 15) is 27.6 Å². The van der Waals surface area contributed by atoms with Crippen molar-refractivity contribution in [3.05, 3.63) is 106 Å². The van der Waals surface area contributed by atoms with Crippen molar-refractivity contribution < 1.29 is 32.3 Å². The van der Waals surface area contributed by atoms with Crippen molar-refractivity contribution in [2.24, 2.45) is 11.8 Å². The molecule has 2 atom stereocenters. The quantitative estimate of drug-likeness (QED) is 0.231. The average Bonchev–Trinajstić information content (AvgIpc) is 3.65. The molecule has 1 aliphatic carbocycles. The highest BCUT2D eigenvalue weighted by Gasteiger charge is 2.46. The van der Waals surface area contributed by atoms with Gasteiger partial charge in [-0.25, -0.2) is 0 Å². The summed E-state index contributed by atoms with van der Waals surface area (Å²) in [6.07, 6.45) is -1.76. The molecular formula is C39H37ClF3N7O4. The summed E-state index contributed by atoms with van der Waals surface area (Å²) in [6.45, 7) is 1.20. The van der Waals surface area contributed by atoms with Crippen LogP contribution in [-0.2, 0) is 34.4 Å². The highest BCUT2D eigenvalue weighted by molar-refractivity contribution is 6.35. The van der Waals surface area contributed by atoms with Crippen LogP contribution in [-0.4, -0.2) is 92.9 Å². The smallest absolute Gasteiger partial charge is 0.422 e. The number of hydrogen-bond donors (Lipinski definition) is 1. The van der Waals surface area contributed by atoms with Crippen molar-refractivity contribution in [1.29, 1.82) is 0 Å². The number of amides is 3. The molecule has 4 heterocycles. The van der Waals surface area contributed by atoms with Crippen LogP contribution in [0.5, 0.6) is 6.01 Å². The van der Waals surface area contributed by atoms with Gasteiger partial charge in [0.15, 0.2) is 6.61 Å². The van der Waals surface area contributed by atoms with Crippen LogP contribution < -0.4 is 10.1 Å². The molecule has 15 heteroatoms. The Morgan fingerprint density at radius 3 is 2.13 bits per heavy atom. The lowest BCUT2D eigenvalue weighted by atomic mass is 9.92. The number of likely N-dealkylation sites (tertiary alicyclic amines) is 2. The number of anilines is 2. The second-order valence-corrected chi connectivity index (χ2v) is 15.1. The van der Waals surface area contributed by atoms with Crippen molar-refractivity contribution in [2.45, 2.75) is 43.8 Å². The first-order valence-corrected chi connectivity index (χ1v) is 18.3. The molecule has 0 bridgehead atoms. The summed E-state index contributed by atoms with van der Waals surface area (Å²) < 4.78 is 43.9. The molecule has 1 aromatic heterocycles. The molecule has 1 N–H and O–H groups in total. The Hall–Kier alpha value is -5.24. The topological polar surface area (TPSA) is 121 Å². The van der Waals surface area contributed by atoms with E-state index in [0.29, 0.717) is 62.0 Å². The van der Waals surface area contributed by atoms with Crippen LogP contribution >= 0.6 is 11.6 Å². The van der Waals surface area contributed by atoms with Crippen molar-refractivity contribution in [1.82, 2.24) is 29.7 Å². The van der Waals surface area contributed by atoms with Gasteiger partial charge in [0.25, 0.3) is 5.91 Å². The fourth-order valence-electron chi connectivity index (χ4n) is 7.84. The largest absolute Gasteiger partial charge is 0.454 e. The first-order valence-electron chi connectivity index (χ1n) is 17.9. The number of rotatable bonds is 8. The fraction of sp³-hybridized carbons (Fsp3) is 0.385. The Morgan fingerprint density at radius 2 is 1.46 bits per heavy atom. The molecule has 3 fully saturated rings. The number of nitrogens with zero attached hydrogens (tertiary/aromatic N) is 6. The lowest BCUT2D eigenvalue weighted by molar-refractivity contribution is -0.154.